The van der Waals surface area contributed by atoms with Gasteiger partial charge in [0.05, 0.1) is 17.5 Å². The summed E-state index contributed by atoms with van der Waals surface area (Å²) in [5.41, 5.74) is 14.8. The first kappa shape index (κ1) is 19.0. The first-order valence-electron chi connectivity index (χ1n) is 7.72. The first-order valence-corrected chi connectivity index (χ1v) is 8.88. The van der Waals surface area contributed by atoms with Crippen molar-refractivity contribution >= 4 is 53.3 Å². The number of anilines is 1. The molecule has 6 nitrogen and oxygen atoms in total. The van der Waals surface area contributed by atoms with Gasteiger partial charge < -0.3 is 16.5 Å². The summed E-state index contributed by atoms with van der Waals surface area (Å²) < 4.78 is 0.235. The molecular weight excluding hydrogens is 403 g/mol. The van der Waals surface area contributed by atoms with E-state index in [-0.39, 0.29) is 16.4 Å². The Kier molecular flexibility index (Phi) is 5.85. The standard InChI is InChI=1S/C18H14Cl2N6S/c19-12-5-1-10(2-6-12)9-23-26-17(22)14-15(24-18(27)25-16(14)21)11-3-7-13(20)8-4-11/h1-9H,(H2,22,26)(H3,21,24,25,27)/b23-9+. The lowest BCUT2D eigenvalue weighted by Gasteiger charge is -2.11. The van der Waals surface area contributed by atoms with Crippen LogP contribution in [0.4, 0.5) is 5.82 Å². The Morgan fingerprint density at radius 2 is 1.63 bits per heavy atom. The highest BCUT2D eigenvalue weighted by Gasteiger charge is 2.15. The summed E-state index contributed by atoms with van der Waals surface area (Å²) in [7, 11) is 0. The molecule has 9 heteroatoms. The average molecular weight is 417 g/mol. The van der Waals surface area contributed by atoms with Crippen LogP contribution in [0.25, 0.3) is 11.3 Å². The third-order valence-electron chi connectivity index (χ3n) is 3.59. The van der Waals surface area contributed by atoms with Gasteiger partial charge in [-0.2, -0.15) is 5.10 Å². The number of aromatic nitrogens is 2. The summed E-state index contributed by atoms with van der Waals surface area (Å²) in [5, 5.41) is 9.29. The van der Waals surface area contributed by atoms with Crippen molar-refractivity contribution in [3.63, 3.8) is 0 Å². The fourth-order valence-corrected chi connectivity index (χ4v) is 2.79. The van der Waals surface area contributed by atoms with Crippen molar-refractivity contribution in [1.29, 1.82) is 0 Å². The molecule has 1 heterocycles. The number of aromatic amines is 1. The van der Waals surface area contributed by atoms with E-state index in [4.69, 9.17) is 46.9 Å². The molecule has 1 aromatic heterocycles. The quantitative estimate of drug-likeness (QED) is 0.253. The molecule has 3 rings (SSSR count). The van der Waals surface area contributed by atoms with Gasteiger partial charge in [0.15, 0.2) is 10.6 Å². The van der Waals surface area contributed by atoms with E-state index in [0.717, 1.165) is 11.1 Å². The minimum Gasteiger partial charge on any atom is -0.383 e. The van der Waals surface area contributed by atoms with E-state index in [2.05, 4.69) is 20.2 Å². The van der Waals surface area contributed by atoms with Crippen molar-refractivity contribution in [2.24, 2.45) is 15.9 Å². The van der Waals surface area contributed by atoms with E-state index < -0.39 is 0 Å². The third-order valence-corrected chi connectivity index (χ3v) is 4.29. The average Bonchev–Trinajstić information content (AvgIpc) is 2.63. The van der Waals surface area contributed by atoms with Crippen LogP contribution in [0.1, 0.15) is 11.1 Å². The topological polar surface area (TPSA) is 105 Å². The minimum atomic E-state index is 0.0985. The monoisotopic (exact) mass is 416 g/mol. The molecule has 5 N–H and O–H groups in total. The van der Waals surface area contributed by atoms with Crippen LogP contribution in [0.5, 0.6) is 0 Å². The second-order valence-electron chi connectivity index (χ2n) is 5.47. The van der Waals surface area contributed by atoms with E-state index in [0.29, 0.717) is 21.3 Å². The summed E-state index contributed by atoms with van der Waals surface area (Å²) >= 11 is 16.9. The number of H-pyrrole nitrogens is 1. The molecule has 2 aromatic carbocycles. The smallest absolute Gasteiger partial charge is 0.199 e. The van der Waals surface area contributed by atoms with Crippen molar-refractivity contribution in [3.05, 3.63) is 74.5 Å². The van der Waals surface area contributed by atoms with Gasteiger partial charge in [-0.25, -0.2) is 4.98 Å². The number of hydrogen-bond acceptors (Lipinski definition) is 5. The van der Waals surface area contributed by atoms with Crippen LogP contribution < -0.4 is 11.5 Å². The van der Waals surface area contributed by atoms with E-state index in [1.165, 1.54) is 0 Å². The fraction of sp³-hybridized carbons (Fsp3) is 0. The minimum absolute atomic E-state index is 0.0985. The molecule has 27 heavy (non-hydrogen) atoms. The molecule has 3 aromatic rings. The third kappa shape index (κ3) is 4.71. The maximum atomic E-state index is 6.12. The van der Waals surface area contributed by atoms with E-state index in [9.17, 15) is 0 Å². The fourth-order valence-electron chi connectivity index (χ4n) is 2.34. The molecule has 136 valence electrons. The van der Waals surface area contributed by atoms with Crippen molar-refractivity contribution in [2.45, 2.75) is 0 Å². The molecule has 0 aliphatic carbocycles. The lowest BCUT2D eigenvalue weighted by molar-refractivity contribution is 1.13. The Morgan fingerprint density at radius 3 is 2.26 bits per heavy atom. The summed E-state index contributed by atoms with van der Waals surface area (Å²) in [6, 6.07) is 14.3. The Labute approximate surface area is 170 Å². The normalized spacial score (nSPS) is 11.9. The van der Waals surface area contributed by atoms with Gasteiger partial charge in [0.1, 0.15) is 5.82 Å². The summed E-state index contributed by atoms with van der Waals surface area (Å²) in [6.45, 7) is 0. The van der Waals surface area contributed by atoms with Crippen molar-refractivity contribution in [1.82, 2.24) is 9.97 Å². The Hall–Kier alpha value is -2.74. The maximum Gasteiger partial charge on any atom is 0.199 e. The molecule has 0 saturated heterocycles. The lowest BCUT2D eigenvalue weighted by Crippen LogP contribution is -2.18. The molecule has 0 saturated carbocycles. The molecule has 0 amide bonds. The molecule has 0 spiro atoms. The molecular formula is C18H14Cl2N6S. The van der Waals surface area contributed by atoms with Gasteiger partial charge in [0, 0.05) is 10.0 Å². The summed E-state index contributed by atoms with van der Waals surface area (Å²) in [5.74, 6) is 0.257. The highest BCUT2D eigenvalue weighted by atomic mass is 35.5. The molecule has 0 bridgehead atoms. The van der Waals surface area contributed by atoms with Gasteiger partial charge in [-0.15, -0.1) is 5.10 Å². The molecule has 0 radical (unpaired) electrons. The lowest BCUT2D eigenvalue weighted by atomic mass is 10.1. The van der Waals surface area contributed by atoms with Crippen molar-refractivity contribution in [2.75, 3.05) is 5.73 Å². The highest BCUT2D eigenvalue weighted by molar-refractivity contribution is 7.71. The van der Waals surface area contributed by atoms with Gasteiger partial charge in [0.25, 0.3) is 0 Å². The molecule has 0 unspecified atom stereocenters. The first-order chi connectivity index (χ1) is 12.9. The van der Waals surface area contributed by atoms with E-state index in [1.54, 1.807) is 30.5 Å². The Balaban J connectivity index is 2.00. The number of hydrogen-bond donors (Lipinski definition) is 3. The number of rotatable bonds is 4. The van der Waals surface area contributed by atoms with Crippen LogP contribution in [-0.2, 0) is 0 Å². The molecule has 0 atom stereocenters. The van der Waals surface area contributed by atoms with Crippen LogP contribution in [0, 0.1) is 4.77 Å². The van der Waals surface area contributed by atoms with E-state index >= 15 is 0 Å². The number of nitrogens with one attached hydrogen (secondary N) is 1. The van der Waals surface area contributed by atoms with Gasteiger partial charge in [0.2, 0.25) is 0 Å². The number of nitrogens with zero attached hydrogens (tertiary/aromatic N) is 3. The molecule has 0 fully saturated rings. The summed E-state index contributed by atoms with van der Waals surface area (Å²) in [4.78, 5) is 7.06. The van der Waals surface area contributed by atoms with Gasteiger partial charge in [-0.3, -0.25) is 0 Å². The van der Waals surface area contributed by atoms with Crippen LogP contribution in [0.2, 0.25) is 10.0 Å². The van der Waals surface area contributed by atoms with Crippen LogP contribution in [0.15, 0.2) is 58.7 Å². The van der Waals surface area contributed by atoms with Gasteiger partial charge >= 0.3 is 0 Å². The van der Waals surface area contributed by atoms with Gasteiger partial charge in [-0.1, -0.05) is 47.5 Å². The van der Waals surface area contributed by atoms with Crippen molar-refractivity contribution in [3.8, 4) is 11.3 Å². The van der Waals surface area contributed by atoms with E-state index in [1.807, 2.05) is 24.3 Å². The SMILES string of the molecule is N/C(=N\N=C\c1ccc(Cl)cc1)c1c(N)nc(=S)[nH]c1-c1ccc(Cl)cc1. The maximum absolute atomic E-state index is 6.12. The molecule has 0 aliphatic heterocycles. The number of nitrogen functional groups attached to an aromatic ring is 1. The van der Waals surface area contributed by atoms with Crippen LogP contribution in [-0.4, -0.2) is 22.0 Å². The number of amidine groups is 1. The second kappa shape index (κ2) is 8.30. The zero-order chi connectivity index (χ0) is 19.4. The zero-order valence-corrected chi connectivity index (χ0v) is 16.2. The number of halogens is 2. The predicted molar refractivity (Wildman–Crippen MR) is 114 cm³/mol. The Bertz CT molecular complexity index is 1070. The predicted octanol–water partition coefficient (Wildman–Crippen LogP) is 4.43. The Morgan fingerprint density at radius 1 is 1.04 bits per heavy atom. The highest BCUT2D eigenvalue weighted by Crippen LogP contribution is 2.26. The van der Waals surface area contributed by atoms with Crippen molar-refractivity contribution < 1.29 is 0 Å². The molecule has 0 aliphatic rings. The number of benzene rings is 2. The second-order valence-corrected chi connectivity index (χ2v) is 6.73. The largest absolute Gasteiger partial charge is 0.383 e. The van der Waals surface area contributed by atoms with Crippen LogP contribution in [0.3, 0.4) is 0 Å². The number of nitrogens with two attached hydrogens (primary N) is 2. The van der Waals surface area contributed by atoms with Crippen LogP contribution >= 0.6 is 35.4 Å². The van der Waals surface area contributed by atoms with Gasteiger partial charge in [-0.05, 0) is 47.6 Å². The summed E-state index contributed by atoms with van der Waals surface area (Å²) in [6.07, 6.45) is 1.56. The zero-order valence-electron chi connectivity index (χ0n) is 13.9.